The minimum absolute atomic E-state index is 0.587. The summed E-state index contributed by atoms with van der Waals surface area (Å²) >= 11 is 1.47. The zero-order valence-electron chi connectivity index (χ0n) is 7.84. The van der Waals surface area contributed by atoms with Crippen LogP contribution in [0.3, 0.4) is 0 Å². The first-order chi connectivity index (χ1) is 6.77. The van der Waals surface area contributed by atoms with E-state index in [-0.39, 0.29) is 0 Å². The van der Waals surface area contributed by atoms with E-state index in [1.807, 2.05) is 36.6 Å². The van der Waals surface area contributed by atoms with Gasteiger partial charge in [0.15, 0.2) is 0 Å². The smallest absolute Gasteiger partial charge is 0.131 e. The number of aromatic nitrogens is 1. The van der Waals surface area contributed by atoms with Crippen molar-refractivity contribution in [1.29, 1.82) is 0 Å². The molecule has 0 bridgehead atoms. The Labute approximate surface area is 86.9 Å². The van der Waals surface area contributed by atoms with E-state index in [9.17, 15) is 5.11 Å². The zero-order valence-corrected chi connectivity index (χ0v) is 8.66. The lowest BCUT2D eigenvalue weighted by Gasteiger charge is -2.07. The largest absolute Gasteiger partial charge is 0.381 e. The first-order valence-electron chi connectivity index (χ1n) is 4.41. The number of hydrogen-bond acceptors (Lipinski definition) is 3. The van der Waals surface area contributed by atoms with Gasteiger partial charge < -0.3 is 5.11 Å². The van der Waals surface area contributed by atoms with Crippen LogP contribution in [0.25, 0.3) is 0 Å². The van der Waals surface area contributed by atoms with Gasteiger partial charge >= 0.3 is 0 Å². The summed E-state index contributed by atoms with van der Waals surface area (Å²) in [5.41, 5.74) is 2.09. The summed E-state index contributed by atoms with van der Waals surface area (Å²) in [6, 6.07) is 7.85. The van der Waals surface area contributed by atoms with Crippen LogP contribution in [-0.2, 0) is 0 Å². The Kier molecular flexibility index (Phi) is 2.61. The molecule has 1 aromatic heterocycles. The molecule has 0 aliphatic carbocycles. The molecule has 3 heteroatoms. The summed E-state index contributed by atoms with van der Waals surface area (Å²) in [7, 11) is 0. The molecular weight excluding hydrogens is 194 g/mol. The van der Waals surface area contributed by atoms with E-state index < -0.39 is 6.10 Å². The normalized spacial score (nSPS) is 12.7. The summed E-state index contributed by atoms with van der Waals surface area (Å²) in [5.74, 6) is 0. The number of nitrogens with zero attached hydrogens (tertiary/aromatic N) is 1. The second kappa shape index (κ2) is 3.90. The average molecular weight is 205 g/mol. The fourth-order valence-corrected chi connectivity index (χ4v) is 1.91. The highest BCUT2D eigenvalue weighted by atomic mass is 32.1. The third kappa shape index (κ3) is 1.84. The quantitative estimate of drug-likeness (QED) is 0.817. The van der Waals surface area contributed by atoms with E-state index in [0.29, 0.717) is 0 Å². The van der Waals surface area contributed by atoms with Gasteiger partial charge in [0.2, 0.25) is 0 Å². The van der Waals surface area contributed by atoms with Crippen molar-refractivity contribution >= 4 is 11.3 Å². The number of rotatable bonds is 2. The molecule has 2 nitrogen and oxygen atoms in total. The van der Waals surface area contributed by atoms with Gasteiger partial charge in [-0.1, -0.05) is 29.8 Å². The van der Waals surface area contributed by atoms with Crippen LogP contribution in [0.1, 0.15) is 22.2 Å². The number of aryl methyl sites for hydroxylation is 1. The Morgan fingerprint density at radius 2 is 2.00 bits per heavy atom. The lowest BCUT2D eigenvalue weighted by Crippen LogP contribution is -1.98. The number of benzene rings is 1. The Hall–Kier alpha value is -1.19. The van der Waals surface area contributed by atoms with Crippen molar-refractivity contribution in [2.75, 3.05) is 0 Å². The van der Waals surface area contributed by atoms with Crippen molar-refractivity contribution in [2.24, 2.45) is 0 Å². The van der Waals surface area contributed by atoms with Crippen molar-refractivity contribution in [3.05, 3.63) is 52.0 Å². The SMILES string of the molecule is Cc1ccc(C(O)c2nccs2)cc1. The molecule has 1 unspecified atom stereocenters. The van der Waals surface area contributed by atoms with Gasteiger partial charge in [0.25, 0.3) is 0 Å². The van der Waals surface area contributed by atoms with Crippen molar-refractivity contribution in [3.63, 3.8) is 0 Å². The highest BCUT2D eigenvalue weighted by Crippen LogP contribution is 2.23. The molecule has 2 aromatic rings. The van der Waals surface area contributed by atoms with Crippen LogP contribution in [0.5, 0.6) is 0 Å². The number of hydrogen-bond donors (Lipinski definition) is 1. The molecule has 0 amide bonds. The van der Waals surface area contributed by atoms with Crippen LogP contribution in [0.2, 0.25) is 0 Å². The van der Waals surface area contributed by atoms with Crippen LogP contribution in [-0.4, -0.2) is 10.1 Å². The third-order valence-corrected chi connectivity index (χ3v) is 2.91. The Morgan fingerprint density at radius 3 is 2.57 bits per heavy atom. The van der Waals surface area contributed by atoms with E-state index in [0.717, 1.165) is 10.6 Å². The van der Waals surface area contributed by atoms with E-state index in [2.05, 4.69) is 4.98 Å². The molecule has 2 rings (SSSR count). The molecule has 0 radical (unpaired) electrons. The molecule has 1 N–H and O–H groups in total. The summed E-state index contributed by atoms with van der Waals surface area (Å²) in [6.45, 7) is 2.03. The maximum absolute atomic E-state index is 9.92. The third-order valence-electron chi connectivity index (χ3n) is 2.08. The molecule has 0 aliphatic rings. The predicted molar refractivity (Wildman–Crippen MR) is 57.4 cm³/mol. The monoisotopic (exact) mass is 205 g/mol. The summed E-state index contributed by atoms with van der Waals surface area (Å²) in [4.78, 5) is 4.08. The van der Waals surface area contributed by atoms with Gasteiger partial charge in [-0.05, 0) is 12.5 Å². The highest BCUT2D eigenvalue weighted by Gasteiger charge is 2.11. The zero-order chi connectivity index (χ0) is 9.97. The number of aliphatic hydroxyl groups excluding tert-OH is 1. The topological polar surface area (TPSA) is 33.1 Å². The van der Waals surface area contributed by atoms with E-state index in [4.69, 9.17) is 0 Å². The Bertz CT molecular complexity index is 394. The second-order valence-electron chi connectivity index (χ2n) is 3.18. The molecule has 1 heterocycles. The molecule has 1 aromatic carbocycles. The first kappa shape index (κ1) is 9.37. The molecule has 1 atom stereocenters. The fourth-order valence-electron chi connectivity index (χ4n) is 1.26. The predicted octanol–water partition coefficient (Wildman–Crippen LogP) is 2.53. The lowest BCUT2D eigenvalue weighted by molar-refractivity contribution is 0.220. The van der Waals surface area contributed by atoms with E-state index in [1.54, 1.807) is 6.20 Å². The maximum atomic E-state index is 9.92. The molecule has 72 valence electrons. The summed E-state index contributed by atoms with van der Waals surface area (Å²) < 4.78 is 0. The van der Waals surface area contributed by atoms with Crippen LogP contribution in [0.15, 0.2) is 35.8 Å². The molecule has 14 heavy (non-hydrogen) atoms. The van der Waals surface area contributed by atoms with Gasteiger partial charge in [0.05, 0.1) is 0 Å². The van der Waals surface area contributed by atoms with Gasteiger partial charge in [-0.2, -0.15) is 0 Å². The maximum Gasteiger partial charge on any atom is 0.131 e. The lowest BCUT2D eigenvalue weighted by atomic mass is 10.1. The van der Waals surface area contributed by atoms with Crippen LogP contribution >= 0.6 is 11.3 Å². The average Bonchev–Trinajstić information content (AvgIpc) is 2.71. The van der Waals surface area contributed by atoms with Crippen LogP contribution < -0.4 is 0 Å². The van der Waals surface area contributed by atoms with Gasteiger partial charge in [0.1, 0.15) is 11.1 Å². The van der Waals surface area contributed by atoms with Crippen molar-refractivity contribution in [3.8, 4) is 0 Å². The standard InChI is InChI=1S/C11H11NOS/c1-8-2-4-9(5-3-8)10(13)11-12-6-7-14-11/h2-7,10,13H,1H3. The van der Waals surface area contributed by atoms with Crippen LogP contribution in [0, 0.1) is 6.92 Å². The molecule has 0 saturated carbocycles. The minimum Gasteiger partial charge on any atom is -0.381 e. The van der Waals surface area contributed by atoms with Gasteiger partial charge in [-0.25, -0.2) is 4.98 Å². The number of thiazole rings is 1. The minimum atomic E-state index is -0.587. The van der Waals surface area contributed by atoms with Crippen molar-refractivity contribution in [1.82, 2.24) is 4.98 Å². The van der Waals surface area contributed by atoms with E-state index in [1.165, 1.54) is 16.9 Å². The second-order valence-corrected chi connectivity index (χ2v) is 4.11. The van der Waals surface area contributed by atoms with E-state index >= 15 is 0 Å². The molecule has 0 saturated heterocycles. The molecule has 0 fully saturated rings. The van der Waals surface area contributed by atoms with Gasteiger partial charge in [-0.15, -0.1) is 11.3 Å². The Balaban J connectivity index is 2.28. The molecular formula is C11H11NOS. The summed E-state index contributed by atoms with van der Waals surface area (Å²) in [5, 5.41) is 12.5. The van der Waals surface area contributed by atoms with Crippen molar-refractivity contribution < 1.29 is 5.11 Å². The summed E-state index contributed by atoms with van der Waals surface area (Å²) in [6.07, 6.45) is 1.12. The Morgan fingerprint density at radius 1 is 1.29 bits per heavy atom. The van der Waals surface area contributed by atoms with Crippen LogP contribution in [0.4, 0.5) is 0 Å². The molecule has 0 aliphatic heterocycles. The molecule has 0 spiro atoms. The first-order valence-corrected chi connectivity index (χ1v) is 5.29. The van der Waals surface area contributed by atoms with Gasteiger partial charge in [-0.3, -0.25) is 0 Å². The van der Waals surface area contributed by atoms with Gasteiger partial charge in [0, 0.05) is 11.6 Å². The highest BCUT2D eigenvalue weighted by molar-refractivity contribution is 7.09. The fraction of sp³-hybridized carbons (Fsp3) is 0.182. The van der Waals surface area contributed by atoms with Crippen molar-refractivity contribution in [2.45, 2.75) is 13.0 Å². The number of aliphatic hydroxyl groups is 1.